The minimum atomic E-state index is 0.658. The van der Waals surface area contributed by atoms with Crippen molar-refractivity contribution >= 4 is 6.08 Å². The molecule has 21 heavy (non-hydrogen) atoms. The molecule has 0 rings (SSSR count). The van der Waals surface area contributed by atoms with E-state index in [1.807, 2.05) is 0 Å². The van der Waals surface area contributed by atoms with Crippen LogP contribution < -0.4 is 0 Å². The molecule has 0 aliphatic carbocycles. The highest BCUT2D eigenvalue weighted by atomic mass is 16.1. The van der Waals surface area contributed by atoms with E-state index >= 15 is 0 Å². The zero-order valence-corrected chi connectivity index (χ0v) is 14.2. The molecule has 0 N–H and O–H groups in total. The zero-order chi connectivity index (χ0) is 15.4. The number of carbonyl (C=O) groups excluding carboxylic acids is 1. The number of hydrogen-bond acceptors (Lipinski definition) is 2. The van der Waals surface area contributed by atoms with Crippen LogP contribution >= 0.6 is 0 Å². The Morgan fingerprint density at radius 3 is 1.71 bits per heavy atom. The van der Waals surface area contributed by atoms with Crippen LogP contribution in [0.5, 0.6) is 0 Å². The first-order valence-corrected chi connectivity index (χ1v) is 9.27. The molecule has 0 saturated heterocycles. The number of hydrogen-bond donors (Lipinski definition) is 0. The van der Waals surface area contributed by atoms with Crippen LogP contribution in [0.2, 0.25) is 0 Å². The summed E-state index contributed by atoms with van der Waals surface area (Å²) in [6, 6.07) is 0. The molecule has 2 heteroatoms. The van der Waals surface area contributed by atoms with Crippen molar-refractivity contribution in [2.45, 2.75) is 103 Å². The molecule has 2 nitrogen and oxygen atoms in total. The Kier molecular flexibility index (Phi) is 18.8. The van der Waals surface area contributed by atoms with Crippen molar-refractivity contribution in [2.75, 3.05) is 6.54 Å². The minimum absolute atomic E-state index is 0.658. The maximum Gasteiger partial charge on any atom is 0.234 e. The molecule has 0 aromatic heterocycles. The number of rotatable bonds is 17. The van der Waals surface area contributed by atoms with Crippen LogP contribution in [0, 0.1) is 6.42 Å². The van der Waals surface area contributed by atoms with E-state index in [1.165, 1.54) is 89.9 Å². The van der Waals surface area contributed by atoms with E-state index in [0.29, 0.717) is 6.54 Å². The van der Waals surface area contributed by atoms with Gasteiger partial charge in [0.2, 0.25) is 6.08 Å². The van der Waals surface area contributed by atoms with Gasteiger partial charge in [-0.25, -0.2) is 9.79 Å². The van der Waals surface area contributed by atoms with Gasteiger partial charge >= 0.3 is 0 Å². The van der Waals surface area contributed by atoms with Gasteiger partial charge in [-0.2, -0.15) is 0 Å². The maximum absolute atomic E-state index is 9.87. The monoisotopic (exact) mass is 294 g/mol. The molecular weight excluding hydrogens is 258 g/mol. The molecule has 0 atom stereocenters. The lowest BCUT2D eigenvalue weighted by molar-refractivity contribution is 0.557. The summed E-state index contributed by atoms with van der Waals surface area (Å²) in [6.07, 6.45) is 24.1. The molecule has 0 aromatic carbocycles. The molecule has 1 radical (unpaired) electrons. The van der Waals surface area contributed by atoms with Gasteiger partial charge in [0.15, 0.2) is 0 Å². The molecule has 0 heterocycles. The predicted molar refractivity (Wildman–Crippen MR) is 92.2 cm³/mol. The summed E-state index contributed by atoms with van der Waals surface area (Å²) in [4.78, 5) is 13.4. The molecule has 0 aliphatic rings. The van der Waals surface area contributed by atoms with Crippen LogP contribution in [0.1, 0.15) is 103 Å². The summed E-state index contributed by atoms with van der Waals surface area (Å²) >= 11 is 0. The Labute approximate surface area is 132 Å². The molecule has 0 fully saturated rings. The third-order valence-corrected chi connectivity index (χ3v) is 4.00. The van der Waals surface area contributed by atoms with Crippen LogP contribution in [0.15, 0.2) is 4.99 Å². The van der Waals surface area contributed by atoms with Crippen LogP contribution in [-0.4, -0.2) is 12.6 Å². The summed E-state index contributed by atoms with van der Waals surface area (Å²) in [5.41, 5.74) is 0. The molecule has 0 amide bonds. The molecule has 0 spiro atoms. The molecule has 0 saturated carbocycles. The quantitative estimate of drug-likeness (QED) is 0.173. The largest absolute Gasteiger partial charge is 0.234 e. The maximum atomic E-state index is 9.87. The van der Waals surface area contributed by atoms with E-state index in [-0.39, 0.29) is 0 Å². The lowest BCUT2D eigenvalue weighted by atomic mass is 10.0. The van der Waals surface area contributed by atoms with Gasteiger partial charge in [-0.3, -0.25) is 0 Å². The van der Waals surface area contributed by atoms with E-state index in [2.05, 4.69) is 18.3 Å². The molecular formula is C19H36NO. The first kappa shape index (κ1) is 20.4. The van der Waals surface area contributed by atoms with Crippen LogP contribution in [0.25, 0.3) is 0 Å². The van der Waals surface area contributed by atoms with E-state index in [4.69, 9.17) is 0 Å². The smallest absolute Gasteiger partial charge is 0.211 e. The zero-order valence-electron chi connectivity index (χ0n) is 14.2. The summed E-state index contributed by atoms with van der Waals surface area (Å²) in [6.45, 7) is 2.94. The predicted octanol–water partition coefficient (Wildman–Crippen LogP) is 6.40. The second-order valence-electron chi connectivity index (χ2n) is 6.08. The van der Waals surface area contributed by atoms with Crippen molar-refractivity contribution < 1.29 is 4.79 Å². The highest BCUT2D eigenvalue weighted by Crippen LogP contribution is 2.13. The molecule has 123 valence electrons. The van der Waals surface area contributed by atoms with Gasteiger partial charge in [0.1, 0.15) is 0 Å². The molecule has 0 aliphatic heterocycles. The molecule has 0 bridgehead atoms. The Hall–Kier alpha value is -0.620. The summed E-state index contributed by atoms with van der Waals surface area (Å²) < 4.78 is 0. The van der Waals surface area contributed by atoms with Gasteiger partial charge < -0.3 is 0 Å². The fourth-order valence-electron chi connectivity index (χ4n) is 2.62. The highest BCUT2D eigenvalue weighted by molar-refractivity contribution is 5.32. The van der Waals surface area contributed by atoms with Crippen LogP contribution in [-0.2, 0) is 4.79 Å². The summed E-state index contributed by atoms with van der Waals surface area (Å²) in [5.74, 6) is 0. The average Bonchev–Trinajstić information content (AvgIpc) is 2.50. The highest BCUT2D eigenvalue weighted by Gasteiger charge is 1.94. The number of nitrogens with zero attached hydrogens (tertiary/aromatic N) is 1. The molecule has 0 unspecified atom stereocenters. The van der Waals surface area contributed by atoms with E-state index in [0.717, 1.165) is 6.42 Å². The standard InChI is InChI=1S/C19H36NO/c1-2-3-4-5-6-7-8-9-10-11-12-13-14-15-16-17-18-20-19-21/h12H,2-11,13-18H2,1H3. The van der Waals surface area contributed by atoms with Crippen molar-refractivity contribution in [3.63, 3.8) is 0 Å². The molecule has 0 aromatic rings. The second kappa shape index (κ2) is 19.4. The lowest BCUT2D eigenvalue weighted by Crippen LogP contribution is -1.85. The van der Waals surface area contributed by atoms with Crippen molar-refractivity contribution in [2.24, 2.45) is 4.99 Å². The topological polar surface area (TPSA) is 29.4 Å². The number of unbranched alkanes of at least 4 members (excludes halogenated alkanes) is 15. The van der Waals surface area contributed by atoms with E-state index in [1.54, 1.807) is 6.08 Å². The van der Waals surface area contributed by atoms with E-state index in [9.17, 15) is 4.79 Å². The third kappa shape index (κ3) is 19.4. The lowest BCUT2D eigenvalue weighted by Gasteiger charge is -2.03. The Bertz CT molecular complexity index is 234. The Morgan fingerprint density at radius 2 is 1.19 bits per heavy atom. The minimum Gasteiger partial charge on any atom is -0.211 e. The van der Waals surface area contributed by atoms with Crippen LogP contribution in [0.3, 0.4) is 0 Å². The van der Waals surface area contributed by atoms with Gasteiger partial charge in [-0.1, -0.05) is 96.8 Å². The Balaban J connectivity index is 2.94. The first-order chi connectivity index (χ1) is 10.4. The number of isocyanates is 1. The van der Waals surface area contributed by atoms with Gasteiger partial charge in [0.25, 0.3) is 0 Å². The van der Waals surface area contributed by atoms with Crippen molar-refractivity contribution in [1.82, 2.24) is 0 Å². The van der Waals surface area contributed by atoms with Gasteiger partial charge in [-0.05, 0) is 12.8 Å². The van der Waals surface area contributed by atoms with Crippen molar-refractivity contribution in [3.05, 3.63) is 6.42 Å². The van der Waals surface area contributed by atoms with Gasteiger partial charge in [0.05, 0.1) is 6.54 Å². The fraction of sp³-hybridized carbons (Fsp3) is 0.895. The average molecular weight is 295 g/mol. The van der Waals surface area contributed by atoms with E-state index < -0.39 is 0 Å². The van der Waals surface area contributed by atoms with Crippen molar-refractivity contribution in [3.8, 4) is 0 Å². The SMILES string of the molecule is CCCCCCCCCCC[CH]CCCCCCN=C=O. The number of aliphatic imine (C=N–C) groups is 1. The van der Waals surface area contributed by atoms with Gasteiger partial charge in [-0.15, -0.1) is 0 Å². The van der Waals surface area contributed by atoms with Crippen molar-refractivity contribution in [1.29, 1.82) is 0 Å². The first-order valence-electron chi connectivity index (χ1n) is 9.27. The Morgan fingerprint density at radius 1 is 0.714 bits per heavy atom. The fourth-order valence-corrected chi connectivity index (χ4v) is 2.62. The summed E-state index contributed by atoms with van der Waals surface area (Å²) in [5, 5.41) is 0. The third-order valence-electron chi connectivity index (χ3n) is 4.00. The normalized spacial score (nSPS) is 10.5. The second-order valence-corrected chi connectivity index (χ2v) is 6.08. The van der Waals surface area contributed by atoms with Gasteiger partial charge in [0, 0.05) is 0 Å². The van der Waals surface area contributed by atoms with Crippen LogP contribution in [0.4, 0.5) is 0 Å². The summed E-state index contributed by atoms with van der Waals surface area (Å²) in [7, 11) is 0.